The minimum atomic E-state index is -0.428. The van der Waals surface area contributed by atoms with Crippen molar-refractivity contribution in [2.45, 2.75) is 6.92 Å². The molecule has 1 heterocycles. The number of ether oxygens (including phenoxy) is 1. The van der Waals surface area contributed by atoms with Crippen LogP contribution in [0.15, 0.2) is 59.1 Å². The van der Waals surface area contributed by atoms with E-state index in [0.29, 0.717) is 18.1 Å². The highest BCUT2D eigenvalue weighted by Crippen LogP contribution is 2.23. The molecule has 0 unspecified atom stereocenters. The summed E-state index contributed by atoms with van der Waals surface area (Å²) in [5.41, 5.74) is 1.40. The highest BCUT2D eigenvalue weighted by molar-refractivity contribution is 6.03. The van der Waals surface area contributed by atoms with Crippen LogP contribution in [0.4, 0.5) is 10.1 Å². The monoisotopic (exact) mass is 326 g/mol. The van der Waals surface area contributed by atoms with Gasteiger partial charge < -0.3 is 14.6 Å². The van der Waals surface area contributed by atoms with Gasteiger partial charge in [0.2, 0.25) is 0 Å². The van der Waals surface area contributed by atoms with Crippen LogP contribution in [0.25, 0.3) is 11.3 Å². The lowest BCUT2D eigenvalue weighted by Gasteiger charge is -2.02. The van der Waals surface area contributed by atoms with Crippen LogP contribution < -0.4 is 10.1 Å². The maximum atomic E-state index is 12.9. The van der Waals surface area contributed by atoms with E-state index < -0.39 is 5.91 Å². The van der Waals surface area contributed by atoms with Gasteiger partial charge in [0.25, 0.3) is 5.91 Å². The highest BCUT2D eigenvalue weighted by Gasteiger charge is 2.14. The molecule has 0 atom stereocenters. The number of carbonyl (C=O) groups is 1. The van der Waals surface area contributed by atoms with Crippen molar-refractivity contribution in [2.24, 2.45) is 0 Å². The topological polar surface area (TPSA) is 64.4 Å². The van der Waals surface area contributed by atoms with Crippen LogP contribution in [0.1, 0.15) is 17.4 Å². The Morgan fingerprint density at radius 3 is 2.54 bits per heavy atom. The number of carbonyl (C=O) groups excluding carboxylic acids is 1. The van der Waals surface area contributed by atoms with Crippen LogP contribution in [0.3, 0.4) is 0 Å². The summed E-state index contributed by atoms with van der Waals surface area (Å²) in [5.74, 6) is 0.437. The van der Waals surface area contributed by atoms with Gasteiger partial charge in [-0.2, -0.15) is 0 Å². The van der Waals surface area contributed by atoms with Crippen molar-refractivity contribution < 1.29 is 18.4 Å². The number of benzene rings is 2. The first-order chi connectivity index (χ1) is 11.7. The van der Waals surface area contributed by atoms with E-state index in [1.54, 1.807) is 6.07 Å². The number of hydrogen-bond donors (Lipinski definition) is 1. The van der Waals surface area contributed by atoms with Gasteiger partial charge in [0, 0.05) is 17.3 Å². The summed E-state index contributed by atoms with van der Waals surface area (Å²) >= 11 is 0. The molecular formula is C18H15FN2O3. The molecule has 3 rings (SSSR count). The number of nitrogens with one attached hydrogen (secondary N) is 1. The molecule has 0 saturated carbocycles. The molecule has 5 nitrogen and oxygen atoms in total. The van der Waals surface area contributed by atoms with Gasteiger partial charge in [-0.05, 0) is 55.5 Å². The van der Waals surface area contributed by atoms with Gasteiger partial charge in [0.15, 0.2) is 11.5 Å². The Morgan fingerprint density at radius 2 is 1.88 bits per heavy atom. The zero-order valence-electron chi connectivity index (χ0n) is 13.0. The summed E-state index contributed by atoms with van der Waals surface area (Å²) in [6, 6.07) is 14.3. The second-order valence-electron chi connectivity index (χ2n) is 4.99. The average Bonchev–Trinajstić information content (AvgIpc) is 3.08. The first-order valence-corrected chi connectivity index (χ1v) is 7.42. The van der Waals surface area contributed by atoms with E-state index in [9.17, 15) is 9.18 Å². The van der Waals surface area contributed by atoms with Crippen molar-refractivity contribution in [3.8, 4) is 17.1 Å². The van der Waals surface area contributed by atoms with Crippen molar-refractivity contribution in [2.75, 3.05) is 11.9 Å². The SMILES string of the molecule is CCOc1ccc(-c2cc(C(=O)Nc3ccc(F)cc3)no2)cc1. The summed E-state index contributed by atoms with van der Waals surface area (Å²) < 4.78 is 23.5. The van der Waals surface area contributed by atoms with E-state index in [-0.39, 0.29) is 11.5 Å². The summed E-state index contributed by atoms with van der Waals surface area (Å²) in [7, 11) is 0. The fourth-order valence-corrected chi connectivity index (χ4v) is 2.13. The Bertz CT molecular complexity index is 826. The number of hydrogen-bond acceptors (Lipinski definition) is 4. The number of rotatable bonds is 5. The van der Waals surface area contributed by atoms with Crippen LogP contribution in [-0.2, 0) is 0 Å². The molecule has 1 N–H and O–H groups in total. The molecule has 1 aromatic heterocycles. The van der Waals surface area contributed by atoms with Crippen LogP contribution in [-0.4, -0.2) is 17.7 Å². The van der Waals surface area contributed by atoms with Gasteiger partial charge in [0.05, 0.1) is 6.61 Å². The molecule has 0 aliphatic heterocycles. The smallest absolute Gasteiger partial charge is 0.277 e. The normalized spacial score (nSPS) is 10.4. The molecule has 2 aromatic carbocycles. The first-order valence-electron chi connectivity index (χ1n) is 7.42. The van der Waals surface area contributed by atoms with E-state index in [1.807, 2.05) is 31.2 Å². The molecule has 6 heteroatoms. The lowest BCUT2D eigenvalue weighted by molar-refractivity contribution is 0.101. The van der Waals surface area contributed by atoms with Gasteiger partial charge >= 0.3 is 0 Å². The second-order valence-corrected chi connectivity index (χ2v) is 4.99. The molecule has 0 aliphatic carbocycles. The predicted molar refractivity (Wildman–Crippen MR) is 87.5 cm³/mol. The third kappa shape index (κ3) is 3.60. The fraction of sp³-hybridized carbons (Fsp3) is 0.111. The zero-order chi connectivity index (χ0) is 16.9. The lowest BCUT2D eigenvalue weighted by Crippen LogP contribution is -2.12. The van der Waals surface area contributed by atoms with Gasteiger partial charge in [-0.1, -0.05) is 5.16 Å². The van der Waals surface area contributed by atoms with E-state index in [4.69, 9.17) is 9.26 Å². The number of amides is 1. The summed E-state index contributed by atoms with van der Waals surface area (Å²) in [5, 5.41) is 6.40. The van der Waals surface area contributed by atoms with Gasteiger partial charge in [-0.15, -0.1) is 0 Å². The van der Waals surface area contributed by atoms with Gasteiger partial charge in [-0.25, -0.2) is 4.39 Å². The summed E-state index contributed by atoms with van der Waals surface area (Å²) in [6.07, 6.45) is 0. The number of aromatic nitrogens is 1. The van der Waals surface area contributed by atoms with Crippen LogP contribution >= 0.6 is 0 Å². The van der Waals surface area contributed by atoms with Crippen molar-refractivity contribution in [3.05, 3.63) is 66.1 Å². The van der Waals surface area contributed by atoms with Gasteiger partial charge in [0.1, 0.15) is 11.6 Å². The lowest BCUT2D eigenvalue weighted by atomic mass is 10.1. The van der Waals surface area contributed by atoms with Crippen LogP contribution in [0.2, 0.25) is 0 Å². The third-order valence-electron chi connectivity index (χ3n) is 3.29. The maximum absolute atomic E-state index is 12.9. The summed E-state index contributed by atoms with van der Waals surface area (Å²) in [4.78, 5) is 12.1. The molecule has 0 saturated heterocycles. The Kier molecular flexibility index (Phi) is 4.56. The number of anilines is 1. The third-order valence-corrected chi connectivity index (χ3v) is 3.29. The van der Waals surface area contributed by atoms with E-state index in [2.05, 4.69) is 10.5 Å². The standard InChI is InChI=1S/C18H15FN2O3/c1-2-23-15-9-3-12(4-10-15)17-11-16(21-24-17)18(22)20-14-7-5-13(19)6-8-14/h3-11H,2H2,1H3,(H,20,22). The molecule has 122 valence electrons. The quantitative estimate of drug-likeness (QED) is 0.765. The number of halogens is 1. The average molecular weight is 326 g/mol. The molecular weight excluding hydrogens is 311 g/mol. The molecule has 3 aromatic rings. The fourth-order valence-electron chi connectivity index (χ4n) is 2.13. The Morgan fingerprint density at radius 1 is 1.17 bits per heavy atom. The van der Waals surface area contributed by atoms with Crippen molar-refractivity contribution in [1.82, 2.24) is 5.16 Å². The molecule has 24 heavy (non-hydrogen) atoms. The van der Waals surface area contributed by atoms with E-state index in [0.717, 1.165) is 11.3 Å². The largest absolute Gasteiger partial charge is 0.494 e. The maximum Gasteiger partial charge on any atom is 0.277 e. The first kappa shape index (κ1) is 15.7. The Hall–Kier alpha value is -3.15. The second kappa shape index (κ2) is 6.95. The van der Waals surface area contributed by atoms with Crippen LogP contribution in [0, 0.1) is 5.82 Å². The summed E-state index contributed by atoms with van der Waals surface area (Å²) in [6.45, 7) is 2.51. The molecule has 0 spiro atoms. The highest BCUT2D eigenvalue weighted by atomic mass is 19.1. The van der Waals surface area contributed by atoms with Gasteiger partial charge in [-0.3, -0.25) is 4.79 Å². The van der Waals surface area contributed by atoms with E-state index in [1.165, 1.54) is 24.3 Å². The Balaban J connectivity index is 1.72. The Labute approximate surface area is 138 Å². The molecule has 0 bridgehead atoms. The molecule has 0 radical (unpaired) electrons. The minimum absolute atomic E-state index is 0.142. The molecule has 0 fully saturated rings. The van der Waals surface area contributed by atoms with Crippen molar-refractivity contribution in [1.29, 1.82) is 0 Å². The van der Waals surface area contributed by atoms with Crippen LogP contribution in [0.5, 0.6) is 5.75 Å². The predicted octanol–water partition coefficient (Wildman–Crippen LogP) is 4.13. The molecule has 1 amide bonds. The molecule has 0 aliphatic rings. The number of nitrogens with zero attached hydrogens (tertiary/aromatic N) is 1. The minimum Gasteiger partial charge on any atom is -0.494 e. The van der Waals surface area contributed by atoms with E-state index >= 15 is 0 Å². The van der Waals surface area contributed by atoms with Crippen molar-refractivity contribution >= 4 is 11.6 Å². The zero-order valence-corrected chi connectivity index (χ0v) is 13.0. The van der Waals surface area contributed by atoms with Crippen molar-refractivity contribution in [3.63, 3.8) is 0 Å².